The second kappa shape index (κ2) is 5.14. The van der Waals surface area contributed by atoms with E-state index in [1.54, 1.807) is 12.1 Å². The van der Waals surface area contributed by atoms with Gasteiger partial charge in [0.2, 0.25) is 11.8 Å². The molecule has 0 spiro atoms. The highest BCUT2D eigenvalue weighted by atomic mass is 16.2. The Kier molecular flexibility index (Phi) is 3.01. The van der Waals surface area contributed by atoms with Crippen LogP contribution in [-0.2, 0) is 9.59 Å². The van der Waals surface area contributed by atoms with Crippen molar-refractivity contribution in [1.82, 2.24) is 5.32 Å². The first-order valence-electron chi connectivity index (χ1n) is 8.74. The highest BCUT2D eigenvalue weighted by molar-refractivity contribution is 6.25. The SMILES string of the molecule is N#Cc1ccc(N2C(=O)[C@H]3[C@H]4CC[C@H](NC4)[C@H]3C2=O)c2ccccc12. The van der Waals surface area contributed by atoms with Gasteiger partial charge >= 0.3 is 0 Å². The fourth-order valence-corrected chi connectivity index (χ4v) is 4.96. The number of piperidine rings is 2. The van der Waals surface area contributed by atoms with Crippen molar-refractivity contribution >= 4 is 28.3 Å². The lowest BCUT2D eigenvalue weighted by molar-refractivity contribution is -0.126. The second-order valence-corrected chi connectivity index (χ2v) is 7.21. The van der Waals surface area contributed by atoms with Gasteiger partial charge in [-0.05, 0) is 37.4 Å². The summed E-state index contributed by atoms with van der Waals surface area (Å²) in [6.07, 6.45) is 1.98. The van der Waals surface area contributed by atoms with Gasteiger partial charge in [0.25, 0.3) is 0 Å². The number of nitrogens with one attached hydrogen (secondary N) is 1. The van der Waals surface area contributed by atoms with Crippen LogP contribution in [0.1, 0.15) is 18.4 Å². The number of nitriles is 1. The lowest BCUT2D eigenvalue weighted by atomic mass is 9.67. The molecule has 0 unspecified atom stereocenters. The Labute approximate surface area is 145 Å². The molecule has 1 N–H and O–H groups in total. The minimum absolute atomic E-state index is 0.0685. The molecule has 124 valence electrons. The number of carbonyl (C=O) groups is 2. The fraction of sp³-hybridized carbons (Fsp3) is 0.350. The summed E-state index contributed by atoms with van der Waals surface area (Å²) >= 11 is 0. The molecule has 5 heteroatoms. The zero-order valence-electron chi connectivity index (χ0n) is 13.6. The van der Waals surface area contributed by atoms with Crippen molar-refractivity contribution < 1.29 is 9.59 Å². The number of hydrogen-bond acceptors (Lipinski definition) is 4. The molecule has 3 aliphatic heterocycles. The molecule has 6 rings (SSSR count). The molecule has 1 aliphatic carbocycles. The molecular formula is C20H17N3O2. The molecule has 25 heavy (non-hydrogen) atoms. The zero-order valence-corrected chi connectivity index (χ0v) is 13.6. The number of imide groups is 1. The summed E-state index contributed by atoms with van der Waals surface area (Å²) in [5.41, 5.74) is 1.16. The minimum Gasteiger partial charge on any atom is -0.313 e. The molecule has 2 aromatic carbocycles. The number of carbonyl (C=O) groups excluding carboxylic acids is 2. The largest absolute Gasteiger partial charge is 0.313 e. The van der Waals surface area contributed by atoms with Gasteiger partial charge in [-0.25, -0.2) is 4.90 Å². The van der Waals surface area contributed by atoms with Gasteiger partial charge in [0.1, 0.15) is 0 Å². The van der Waals surface area contributed by atoms with E-state index in [-0.39, 0.29) is 35.6 Å². The maximum Gasteiger partial charge on any atom is 0.239 e. The van der Waals surface area contributed by atoms with E-state index in [1.807, 2.05) is 24.3 Å². The number of amides is 2. The average molecular weight is 331 g/mol. The van der Waals surface area contributed by atoms with Crippen LogP contribution in [0.15, 0.2) is 36.4 Å². The van der Waals surface area contributed by atoms with Crippen LogP contribution < -0.4 is 10.2 Å². The zero-order chi connectivity index (χ0) is 17.1. The van der Waals surface area contributed by atoms with E-state index in [4.69, 9.17) is 0 Å². The van der Waals surface area contributed by atoms with Gasteiger partial charge in [0, 0.05) is 16.8 Å². The van der Waals surface area contributed by atoms with Gasteiger partial charge in [-0.1, -0.05) is 24.3 Å². The van der Waals surface area contributed by atoms with Crippen LogP contribution in [0.25, 0.3) is 10.8 Å². The molecule has 5 nitrogen and oxygen atoms in total. The van der Waals surface area contributed by atoms with Gasteiger partial charge in [0.05, 0.1) is 29.2 Å². The van der Waals surface area contributed by atoms with E-state index < -0.39 is 0 Å². The van der Waals surface area contributed by atoms with Crippen LogP contribution in [-0.4, -0.2) is 24.4 Å². The summed E-state index contributed by atoms with van der Waals surface area (Å²) in [4.78, 5) is 27.7. The summed E-state index contributed by atoms with van der Waals surface area (Å²) in [6.45, 7) is 0.826. The number of anilines is 1. The molecule has 0 radical (unpaired) electrons. The van der Waals surface area contributed by atoms with E-state index in [1.165, 1.54) is 4.90 Å². The molecule has 4 aliphatic rings. The molecule has 2 bridgehead atoms. The normalized spacial score (nSPS) is 30.6. The quantitative estimate of drug-likeness (QED) is 0.813. The maximum absolute atomic E-state index is 13.2. The van der Waals surface area contributed by atoms with Gasteiger partial charge < -0.3 is 5.32 Å². The van der Waals surface area contributed by atoms with Crippen molar-refractivity contribution in [3.63, 3.8) is 0 Å². The Balaban J connectivity index is 1.68. The molecule has 1 saturated carbocycles. The summed E-state index contributed by atoms with van der Waals surface area (Å²) in [5.74, 6) is -0.342. The highest BCUT2D eigenvalue weighted by Gasteiger charge is 2.58. The first-order valence-corrected chi connectivity index (χ1v) is 8.74. The molecule has 4 fully saturated rings. The third-order valence-corrected chi connectivity index (χ3v) is 6.09. The van der Waals surface area contributed by atoms with Crippen LogP contribution in [0.5, 0.6) is 0 Å². The van der Waals surface area contributed by atoms with Gasteiger partial charge in [-0.3, -0.25) is 9.59 Å². The smallest absolute Gasteiger partial charge is 0.239 e. The van der Waals surface area contributed by atoms with Crippen LogP contribution in [0.2, 0.25) is 0 Å². The Morgan fingerprint density at radius 2 is 1.76 bits per heavy atom. The van der Waals surface area contributed by atoms with E-state index in [0.29, 0.717) is 11.3 Å². The lowest BCUT2D eigenvalue weighted by Gasteiger charge is -2.43. The van der Waals surface area contributed by atoms with E-state index in [2.05, 4.69) is 11.4 Å². The molecule has 3 heterocycles. The topological polar surface area (TPSA) is 73.2 Å². The lowest BCUT2D eigenvalue weighted by Crippen LogP contribution is -2.56. The number of benzene rings is 2. The Morgan fingerprint density at radius 3 is 2.44 bits per heavy atom. The molecule has 4 atom stereocenters. The van der Waals surface area contributed by atoms with Crippen molar-refractivity contribution in [2.75, 3.05) is 11.4 Å². The highest BCUT2D eigenvalue weighted by Crippen LogP contribution is 2.47. The van der Waals surface area contributed by atoms with E-state index in [0.717, 1.165) is 30.2 Å². The first kappa shape index (κ1) is 14.6. The third-order valence-electron chi connectivity index (χ3n) is 6.09. The van der Waals surface area contributed by atoms with Crippen molar-refractivity contribution in [2.45, 2.75) is 18.9 Å². The molecule has 2 amide bonds. The summed E-state index contributed by atoms with van der Waals surface area (Å²) in [6, 6.07) is 13.2. The average Bonchev–Trinajstić information content (AvgIpc) is 2.95. The van der Waals surface area contributed by atoms with Crippen molar-refractivity contribution in [3.05, 3.63) is 42.0 Å². The minimum atomic E-state index is -0.241. The van der Waals surface area contributed by atoms with Crippen LogP contribution in [0.4, 0.5) is 5.69 Å². The van der Waals surface area contributed by atoms with Gasteiger partial charge in [-0.15, -0.1) is 0 Å². The predicted octanol–water partition coefficient (Wildman–Crippen LogP) is 2.20. The van der Waals surface area contributed by atoms with Crippen LogP contribution in [0.3, 0.4) is 0 Å². The molecule has 3 saturated heterocycles. The van der Waals surface area contributed by atoms with E-state index in [9.17, 15) is 14.9 Å². The van der Waals surface area contributed by atoms with Gasteiger partial charge in [0.15, 0.2) is 0 Å². The summed E-state index contributed by atoms with van der Waals surface area (Å²) in [5, 5.41) is 14.3. The molecule has 0 aromatic heterocycles. The van der Waals surface area contributed by atoms with Crippen molar-refractivity contribution in [3.8, 4) is 6.07 Å². The van der Waals surface area contributed by atoms with Crippen LogP contribution in [0, 0.1) is 29.1 Å². The third kappa shape index (κ3) is 1.86. The Hall–Kier alpha value is -2.71. The van der Waals surface area contributed by atoms with Crippen molar-refractivity contribution in [1.29, 1.82) is 5.26 Å². The number of nitrogens with zero attached hydrogens (tertiary/aromatic N) is 2. The summed E-state index contributed by atoms with van der Waals surface area (Å²) < 4.78 is 0. The monoisotopic (exact) mass is 331 g/mol. The molecule has 2 aromatic rings. The first-order chi connectivity index (χ1) is 12.2. The predicted molar refractivity (Wildman–Crippen MR) is 92.7 cm³/mol. The van der Waals surface area contributed by atoms with Gasteiger partial charge in [-0.2, -0.15) is 5.26 Å². The Bertz CT molecular complexity index is 923. The standard InChI is InChI=1S/C20H17N3O2/c21-9-11-6-8-16(14-4-2-1-3-13(11)14)23-19(24)17-12-5-7-15(22-10-12)18(17)20(23)25/h1-4,6,8,12,15,17-18,22H,5,7,10H2/t12-,15-,17-,18+/m0/s1. The van der Waals surface area contributed by atoms with E-state index >= 15 is 0 Å². The summed E-state index contributed by atoms with van der Waals surface area (Å²) in [7, 11) is 0. The second-order valence-electron chi connectivity index (χ2n) is 7.21. The maximum atomic E-state index is 13.2. The number of rotatable bonds is 1. The number of fused-ring (bicyclic) bond motifs is 3. The number of hydrogen-bond donors (Lipinski definition) is 1. The fourth-order valence-electron chi connectivity index (χ4n) is 4.96. The molecular weight excluding hydrogens is 314 g/mol. The van der Waals surface area contributed by atoms with Crippen LogP contribution >= 0.6 is 0 Å². The Morgan fingerprint density at radius 1 is 1.00 bits per heavy atom. The van der Waals surface area contributed by atoms with Crippen molar-refractivity contribution in [2.24, 2.45) is 17.8 Å².